The average molecular weight is 412 g/mol. The van der Waals surface area contributed by atoms with E-state index in [0.717, 1.165) is 49.8 Å². The zero-order valence-electron chi connectivity index (χ0n) is 18.1. The maximum absolute atomic E-state index is 12.8. The molecule has 2 N–H and O–H groups in total. The van der Waals surface area contributed by atoms with Gasteiger partial charge in [0.05, 0.1) is 0 Å². The van der Waals surface area contributed by atoms with Crippen LogP contribution < -0.4 is 19.3 Å². The van der Waals surface area contributed by atoms with Crippen molar-refractivity contribution < 1.29 is 24.1 Å². The molecule has 0 spiro atoms. The number of likely N-dealkylation sites (N-methyl/N-ethyl adjacent to an activating group) is 1. The zero-order chi connectivity index (χ0) is 20.9. The van der Waals surface area contributed by atoms with Crippen molar-refractivity contribution in [2.24, 2.45) is 0 Å². The molecular formula is C24H33N3O3+2. The number of nitrogens with zero attached hydrogens (tertiary/aromatic N) is 1. The second-order valence-electron chi connectivity index (χ2n) is 8.51. The molecule has 0 aromatic heterocycles. The summed E-state index contributed by atoms with van der Waals surface area (Å²) in [5.74, 6) is 1.76. The van der Waals surface area contributed by atoms with Crippen LogP contribution in [0.15, 0.2) is 42.5 Å². The first-order valence-electron chi connectivity index (χ1n) is 10.9. The van der Waals surface area contributed by atoms with Crippen molar-refractivity contribution in [3.05, 3.63) is 59.2 Å². The molecule has 0 bridgehead atoms. The van der Waals surface area contributed by atoms with Gasteiger partial charge in [-0.2, -0.15) is 0 Å². The predicted octanol–water partition coefficient (Wildman–Crippen LogP) is -0.292. The smallest absolute Gasteiger partial charge is 0.277 e. The second kappa shape index (κ2) is 9.49. The Kier molecular flexibility index (Phi) is 6.55. The number of benzene rings is 2. The molecule has 1 fully saturated rings. The summed E-state index contributed by atoms with van der Waals surface area (Å²) in [7, 11) is 1.89. The summed E-state index contributed by atoms with van der Waals surface area (Å²) in [6, 6.07) is 14.6. The number of amides is 1. The Morgan fingerprint density at radius 1 is 0.967 bits per heavy atom. The largest absolute Gasteiger partial charge is 0.486 e. The van der Waals surface area contributed by atoms with Crippen molar-refractivity contribution >= 4 is 5.91 Å². The van der Waals surface area contributed by atoms with Gasteiger partial charge in [0.2, 0.25) is 0 Å². The molecule has 0 aliphatic carbocycles. The third-order valence-electron chi connectivity index (χ3n) is 6.22. The number of hydrogen-bond donors (Lipinski definition) is 2. The monoisotopic (exact) mass is 411 g/mol. The number of rotatable bonds is 6. The third kappa shape index (κ3) is 5.12. The lowest BCUT2D eigenvalue weighted by atomic mass is 10.1. The van der Waals surface area contributed by atoms with Crippen molar-refractivity contribution in [3.63, 3.8) is 0 Å². The molecule has 0 radical (unpaired) electrons. The minimum atomic E-state index is 0.197. The van der Waals surface area contributed by atoms with Crippen LogP contribution in [0.3, 0.4) is 0 Å². The Hall–Kier alpha value is -2.57. The highest BCUT2D eigenvalue weighted by Crippen LogP contribution is 2.30. The first-order valence-corrected chi connectivity index (χ1v) is 10.9. The number of quaternary nitrogens is 2. The van der Waals surface area contributed by atoms with Crippen molar-refractivity contribution in [1.82, 2.24) is 4.90 Å². The fourth-order valence-corrected chi connectivity index (χ4v) is 4.29. The van der Waals surface area contributed by atoms with Crippen LogP contribution >= 0.6 is 0 Å². The lowest BCUT2D eigenvalue weighted by Crippen LogP contribution is -3.28. The fourth-order valence-electron chi connectivity index (χ4n) is 4.29. The van der Waals surface area contributed by atoms with E-state index in [-0.39, 0.29) is 5.91 Å². The minimum absolute atomic E-state index is 0.197. The SMILES string of the molecule is Cc1ccccc1C[NH+]1CC[NH+](CC(=O)N(C)Cc2ccc3c(c2)OCCO3)CC1. The molecule has 2 aromatic rings. The van der Waals surface area contributed by atoms with Gasteiger partial charge < -0.3 is 24.2 Å². The molecule has 30 heavy (non-hydrogen) atoms. The molecule has 6 heteroatoms. The Morgan fingerprint density at radius 3 is 2.43 bits per heavy atom. The Bertz CT molecular complexity index is 878. The van der Waals surface area contributed by atoms with Crippen molar-refractivity contribution in [3.8, 4) is 11.5 Å². The van der Waals surface area contributed by atoms with Gasteiger partial charge in [-0.15, -0.1) is 0 Å². The molecule has 2 aromatic carbocycles. The summed E-state index contributed by atoms with van der Waals surface area (Å²) in [6.07, 6.45) is 0. The normalized spacial score (nSPS) is 20.6. The van der Waals surface area contributed by atoms with Crippen LogP contribution in [0.4, 0.5) is 0 Å². The molecule has 0 saturated carbocycles. The van der Waals surface area contributed by atoms with Gasteiger partial charge in [-0.05, 0) is 30.2 Å². The van der Waals surface area contributed by atoms with E-state index >= 15 is 0 Å². The molecule has 160 valence electrons. The van der Waals surface area contributed by atoms with Gasteiger partial charge in [-0.25, -0.2) is 0 Å². The maximum Gasteiger partial charge on any atom is 0.277 e. The third-order valence-corrected chi connectivity index (χ3v) is 6.22. The first kappa shape index (κ1) is 20.7. The second-order valence-corrected chi connectivity index (χ2v) is 8.51. The quantitative estimate of drug-likeness (QED) is 0.687. The molecule has 2 heterocycles. The van der Waals surface area contributed by atoms with E-state index in [2.05, 4.69) is 31.2 Å². The number of nitrogens with one attached hydrogen (secondary N) is 2. The predicted molar refractivity (Wildman–Crippen MR) is 115 cm³/mol. The number of ether oxygens (including phenoxy) is 2. The molecule has 0 unspecified atom stereocenters. The number of carbonyl (C=O) groups is 1. The summed E-state index contributed by atoms with van der Waals surface area (Å²) in [5.41, 5.74) is 3.87. The van der Waals surface area contributed by atoms with Gasteiger partial charge in [0.25, 0.3) is 5.91 Å². The van der Waals surface area contributed by atoms with Crippen LogP contribution in [-0.2, 0) is 17.9 Å². The summed E-state index contributed by atoms with van der Waals surface area (Å²) >= 11 is 0. The maximum atomic E-state index is 12.8. The van der Waals surface area contributed by atoms with Gasteiger partial charge in [0.1, 0.15) is 45.9 Å². The first-order chi connectivity index (χ1) is 14.6. The molecule has 6 nitrogen and oxygen atoms in total. The van der Waals surface area contributed by atoms with Crippen LogP contribution in [0.25, 0.3) is 0 Å². The number of fused-ring (bicyclic) bond motifs is 1. The number of carbonyl (C=O) groups excluding carboxylic acids is 1. The number of aryl methyl sites for hydroxylation is 1. The molecule has 4 rings (SSSR count). The topological polar surface area (TPSA) is 47.7 Å². The van der Waals surface area contributed by atoms with Gasteiger partial charge in [0.15, 0.2) is 18.0 Å². The average Bonchev–Trinajstić information content (AvgIpc) is 2.76. The highest BCUT2D eigenvalue weighted by Gasteiger charge is 2.26. The van der Waals surface area contributed by atoms with Crippen LogP contribution in [-0.4, -0.2) is 63.8 Å². The minimum Gasteiger partial charge on any atom is -0.486 e. The highest BCUT2D eigenvalue weighted by atomic mass is 16.6. The van der Waals surface area contributed by atoms with Crippen LogP contribution in [0.1, 0.15) is 16.7 Å². The molecule has 1 saturated heterocycles. The van der Waals surface area contributed by atoms with Crippen molar-refractivity contribution in [2.45, 2.75) is 20.0 Å². The number of hydrogen-bond acceptors (Lipinski definition) is 3. The van der Waals surface area contributed by atoms with E-state index in [4.69, 9.17) is 9.47 Å². The van der Waals surface area contributed by atoms with Crippen LogP contribution in [0, 0.1) is 6.92 Å². The Labute approximate surface area is 179 Å². The summed E-state index contributed by atoms with van der Waals surface area (Å²) in [5, 5.41) is 0. The zero-order valence-corrected chi connectivity index (χ0v) is 18.1. The van der Waals surface area contributed by atoms with Crippen LogP contribution in [0.2, 0.25) is 0 Å². The van der Waals surface area contributed by atoms with E-state index < -0.39 is 0 Å². The van der Waals surface area contributed by atoms with E-state index in [1.54, 1.807) is 4.90 Å². The molecule has 2 aliphatic rings. The standard InChI is InChI=1S/C24H31N3O3/c1-19-5-3-4-6-21(19)17-26-9-11-27(12-10-26)18-24(28)25(2)16-20-7-8-22-23(15-20)30-14-13-29-22/h3-8,15H,9-14,16-18H2,1-2H3/p+2. The molecule has 0 atom stereocenters. The van der Waals surface area contributed by atoms with Crippen molar-refractivity contribution in [2.75, 3.05) is 53.0 Å². The Morgan fingerprint density at radius 2 is 1.67 bits per heavy atom. The molecule has 1 amide bonds. The molecular weight excluding hydrogens is 378 g/mol. The van der Waals surface area contributed by atoms with Gasteiger partial charge in [-0.3, -0.25) is 4.79 Å². The number of piperazine rings is 1. The van der Waals surface area contributed by atoms with Crippen LogP contribution in [0.5, 0.6) is 11.5 Å². The van der Waals surface area contributed by atoms with Gasteiger partial charge in [0, 0.05) is 19.2 Å². The lowest BCUT2D eigenvalue weighted by molar-refractivity contribution is -1.02. The fraction of sp³-hybridized carbons (Fsp3) is 0.458. The van der Waals surface area contributed by atoms with E-state index in [0.29, 0.717) is 26.3 Å². The summed E-state index contributed by atoms with van der Waals surface area (Å²) < 4.78 is 11.2. The van der Waals surface area contributed by atoms with Gasteiger partial charge in [-0.1, -0.05) is 30.3 Å². The molecule has 2 aliphatic heterocycles. The highest BCUT2D eigenvalue weighted by molar-refractivity contribution is 5.76. The van der Waals surface area contributed by atoms with E-state index in [1.165, 1.54) is 16.0 Å². The summed E-state index contributed by atoms with van der Waals surface area (Å²) in [6.45, 7) is 9.91. The lowest BCUT2D eigenvalue weighted by Gasteiger charge is -2.30. The Balaban J connectivity index is 1.24. The van der Waals surface area contributed by atoms with E-state index in [9.17, 15) is 4.79 Å². The van der Waals surface area contributed by atoms with Crippen molar-refractivity contribution in [1.29, 1.82) is 0 Å². The van der Waals surface area contributed by atoms with Gasteiger partial charge >= 0.3 is 0 Å². The summed E-state index contributed by atoms with van der Waals surface area (Å²) in [4.78, 5) is 17.6. The van der Waals surface area contributed by atoms with E-state index in [1.807, 2.05) is 30.1 Å².